The van der Waals surface area contributed by atoms with Crippen LogP contribution in [0.4, 0.5) is 4.39 Å². The summed E-state index contributed by atoms with van der Waals surface area (Å²) in [5.74, 6) is 0.801. The van der Waals surface area contributed by atoms with Gasteiger partial charge in [-0.2, -0.15) is 0 Å². The van der Waals surface area contributed by atoms with Crippen molar-refractivity contribution in [3.05, 3.63) is 57.4 Å². The van der Waals surface area contributed by atoms with Crippen molar-refractivity contribution in [1.29, 1.82) is 0 Å². The van der Waals surface area contributed by atoms with Gasteiger partial charge in [0, 0.05) is 15.7 Å². The summed E-state index contributed by atoms with van der Waals surface area (Å²) in [4.78, 5) is 0. The number of halogens is 2. The molecule has 88 valence electrons. The van der Waals surface area contributed by atoms with Crippen molar-refractivity contribution in [2.24, 2.45) is 5.73 Å². The lowest BCUT2D eigenvalue weighted by Crippen LogP contribution is -2.02. The molecule has 2 aromatic rings. The minimum absolute atomic E-state index is 0.117. The minimum atomic E-state index is -0.337. The molecule has 4 heteroatoms. The van der Waals surface area contributed by atoms with E-state index in [4.69, 9.17) is 10.5 Å². The van der Waals surface area contributed by atoms with Crippen molar-refractivity contribution in [3.63, 3.8) is 0 Å². The molecule has 2 nitrogen and oxygen atoms in total. The lowest BCUT2D eigenvalue weighted by atomic mass is 10.2. The van der Waals surface area contributed by atoms with Gasteiger partial charge in [-0.05, 0) is 59.0 Å². The highest BCUT2D eigenvalue weighted by Gasteiger charge is 2.08. The number of ether oxygens (including phenoxy) is 1. The normalized spacial score (nSPS) is 10.3. The molecular formula is C13H11FINO. The fourth-order valence-corrected chi connectivity index (χ4v) is 1.82. The van der Waals surface area contributed by atoms with Crippen LogP contribution in [0.1, 0.15) is 5.56 Å². The zero-order valence-electron chi connectivity index (χ0n) is 8.99. The van der Waals surface area contributed by atoms with Crippen molar-refractivity contribution in [3.8, 4) is 11.5 Å². The molecule has 0 saturated heterocycles. The van der Waals surface area contributed by atoms with Crippen molar-refractivity contribution in [2.75, 3.05) is 0 Å². The summed E-state index contributed by atoms with van der Waals surface area (Å²) in [6, 6.07) is 12.2. The van der Waals surface area contributed by atoms with Crippen LogP contribution >= 0.6 is 22.6 Å². The molecule has 2 rings (SSSR count). The molecule has 0 aliphatic heterocycles. The third kappa shape index (κ3) is 2.95. The number of rotatable bonds is 3. The van der Waals surface area contributed by atoms with Crippen LogP contribution in [0.5, 0.6) is 11.5 Å². The Morgan fingerprint density at radius 1 is 1.12 bits per heavy atom. The molecule has 0 atom stereocenters. The first-order valence-electron chi connectivity index (χ1n) is 5.11. The van der Waals surface area contributed by atoms with Gasteiger partial charge in [-0.3, -0.25) is 0 Å². The summed E-state index contributed by atoms with van der Waals surface area (Å²) in [6.45, 7) is 0.117. The lowest BCUT2D eigenvalue weighted by molar-refractivity contribution is 0.467. The van der Waals surface area contributed by atoms with Gasteiger partial charge in [-0.15, -0.1) is 0 Å². The van der Waals surface area contributed by atoms with Crippen molar-refractivity contribution < 1.29 is 9.13 Å². The SMILES string of the molecule is NCc1c(F)cccc1Oc1ccc(I)cc1. The van der Waals surface area contributed by atoms with Gasteiger partial charge in [-0.25, -0.2) is 4.39 Å². The summed E-state index contributed by atoms with van der Waals surface area (Å²) in [6.07, 6.45) is 0. The van der Waals surface area contributed by atoms with Crippen LogP contribution in [-0.2, 0) is 6.54 Å². The average molecular weight is 343 g/mol. The molecule has 0 saturated carbocycles. The summed E-state index contributed by atoms with van der Waals surface area (Å²) in [5.41, 5.74) is 5.90. The predicted octanol–water partition coefficient (Wildman–Crippen LogP) is 3.68. The maximum Gasteiger partial charge on any atom is 0.134 e. The molecule has 0 unspecified atom stereocenters. The summed E-state index contributed by atoms with van der Waals surface area (Å²) in [5, 5.41) is 0. The molecule has 0 bridgehead atoms. The van der Waals surface area contributed by atoms with Crippen LogP contribution in [0.3, 0.4) is 0 Å². The van der Waals surface area contributed by atoms with E-state index in [-0.39, 0.29) is 12.4 Å². The standard InChI is InChI=1S/C13H11FINO/c14-12-2-1-3-13(11(12)8-16)17-10-6-4-9(15)5-7-10/h1-7H,8,16H2. The molecule has 0 fully saturated rings. The highest BCUT2D eigenvalue weighted by Crippen LogP contribution is 2.27. The van der Waals surface area contributed by atoms with Crippen molar-refractivity contribution in [2.45, 2.75) is 6.54 Å². The average Bonchev–Trinajstić information content (AvgIpc) is 2.32. The van der Waals surface area contributed by atoms with E-state index in [0.29, 0.717) is 17.1 Å². The van der Waals surface area contributed by atoms with E-state index in [9.17, 15) is 4.39 Å². The van der Waals surface area contributed by atoms with Crippen LogP contribution in [0.25, 0.3) is 0 Å². The number of nitrogens with two attached hydrogens (primary N) is 1. The van der Waals surface area contributed by atoms with E-state index < -0.39 is 0 Å². The first-order valence-corrected chi connectivity index (χ1v) is 6.19. The van der Waals surface area contributed by atoms with Gasteiger partial charge in [-0.1, -0.05) is 6.07 Å². The van der Waals surface area contributed by atoms with E-state index in [2.05, 4.69) is 22.6 Å². The number of hydrogen-bond acceptors (Lipinski definition) is 2. The van der Waals surface area contributed by atoms with Crippen molar-refractivity contribution >= 4 is 22.6 Å². The zero-order valence-corrected chi connectivity index (χ0v) is 11.1. The van der Waals surface area contributed by atoms with Crippen LogP contribution in [0.15, 0.2) is 42.5 Å². The number of hydrogen-bond donors (Lipinski definition) is 1. The molecule has 17 heavy (non-hydrogen) atoms. The molecule has 0 heterocycles. The fourth-order valence-electron chi connectivity index (χ4n) is 1.46. The summed E-state index contributed by atoms with van der Waals surface area (Å²) in [7, 11) is 0. The second-order valence-electron chi connectivity index (χ2n) is 3.48. The fraction of sp³-hybridized carbons (Fsp3) is 0.0769. The first kappa shape index (κ1) is 12.3. The topological polar surface area (TPSA) is 35.2 Å². The Morgan fingerprint density at radius 2 is 1.82 bits per heavy atom. The second kappa shape index (κ2) is 5.46. The van der Waals surface area contributed by atoms with Crippen LogP contribution < -0.4 is 10.5 Å². The van der Waals surface area contributed by atoms with Crippen molar-refractivity contribution in [1.82, 2.24) is 0 Å². The van der Waals surface area contributed by atoms with Gasteiger partial charge in [0.05, 0.1) is 0 Å². The van der Waals surface area contributed by atoms with Gasteiger partial charge < -0.3 is 10.5 Å². The van der Waals surface area contributed by atoms with Gasteiger partial charge in [0.1, 0.15) is 17.3 Å². The third-order valence-electron chi connectivity index (χ3n) is 2.32. The predicted molar refractivity (Wildman–Crippen MR) is 73.5 cm³/mol. The highest BCUT2D eigenvalue weighted by molar-refractivity contribution is 14.1. The molecule has 0 aliphatic rings. The Hall–Kier alpha value is -1.14. The Labute approximate surface area is 113 Å². The number of benzene rings is 2. The molecule has 0 aromatic heterocycles. The Bertz CT molecular complexity index is 513. The van der Waals surface area contributed by atoms with E-state index >= 15 is 0 Å². The maximum atomic E-state index is 13.5. The molecule has 0 aliphatic carbocycles. The van der Waals surface area contributed by atoms with E-state index in [1.54, 1.807) is 12.1 Å². The lowest BCUT2D eigenvalue weighted by Gasteiger charge is -2.10. The van der Waals surface area contributed by atoms with Gasteiger partial charge in [0.25, 0.3) is 0 Å². The molecule has 2 aromatic carbocycles. The van der Waals surface area contributed by atoms with Crippen LogP contribution in [0.2, 0.25) is 0 Å². The quantitative estimate of drug-likeness (QED) is 0.863. The Balaban J connectivity index is 2.29. The summed E-state index contributed by atoms with van der Waals surface area (Å²) < 4.78 is 20.2. The Morgan fingerprint density at radius 3 is 2.47 bits per heavy atom. The molecule has 0 amide bonds. The second-order valence-corrected chi connectivity index (χ2v) is 4.72. The van der Waals surface area contributed by atoms with Crippen LogP contribution in [-0.4, -0.2) is 0 Å². The molecule has 2 N–H and O–H groups in total. The third-order valence-corrected chi connectivity index (χ3v) is 3.04. The molecule has 0 radical (unpaired) electrons. The van der Waals surface area contributed by atoms with Gasteiger partial charge in [0.2, 0.25) is 0 Å². The van der Waals surface area contributed by atoms with E-state index in [0.717, 1.165) is 3.57 Å². The smallest absolute Gasteiger partial charge is 0.134 e. The van der Waals surface area contributed by atoms with Gasteiger partial charge in [0.15, 0.2) is 0 Å². The van der Waals surface area contributed by atoms with E-state index in [1.165, 1.54) is 6.07 Å². The first-order chi connectivity index (χ1) is 8.20. The minimum Gasteiger partial charge on any atom is -0.457 e. The van der Waals surface area contributed by atoms with Gasteiger partial charge >= 0.3 is 0 Å². The Kier molecular flexibility index (Phi) is 3.96. The highest BCUT2D eigenvalue weighted by atomic mass is 127. The molecular weight excluding hydrogens is 332 g/mol. The zero-order chi connectivity index (χ0) is 12.3. The largest absolute Gasteiger partial charge is 0.457 e. The monoisotopic (exact) mass is 343 g/mol. The molecule has 0 spiro atoms. The van der Waals surface area contributed by atoms with Crippen LogP contribution in [0, 0.1) is 9.39 Å². The maximum absolute atomic E-state index is 13.5. The van der Waals surface area contributed by atoms with E-state index in [1.807, 2.05) is 24.3 Å². The summed E-state index contributed by atoms with van der Waals surface area (Å²) >= 11 is 2.21.